The van der Waals surface area contributed by atoms with Gasteiger partial charge < -0.3 is 14.6 Å². The van der Waals surface area contributed by atoms with Crippen molar-refractivity contribution in [2.24, 2.45) is 0 Å². The lowest BCUT2D eigenvalue weighted by atomic mass is 10.1. The van der Waals surface area contributed by atoms with E-state index in [9.17, 15) is 9.90 Å². The molecule has 0 bridgehead atoms. The van der Waals surface area contributed by atoms with Gasteiger partial charge in [0.25, 0.3) is 0 Å². The first-order valence-corrected chi connectivity index (χ1v) is 13.0. The van der Waals surface area contributed by atoms with E-state index in [0.29, 0.717) is 18.8 Å². The zero-order valence-corrected chi connectivity index (χ0v) is 21.7. The van der Waals surface area contributed by atoms with Crippen molar-refractivity contribution in [2.45, 2.75) is 31.8 Å². The molecule has 0 spiro atoms. The number of aldehydes is 1. The van der Waals surface area contributed by atoms with Gasteiger partial charge in [0, 0.05) is 5.56 Å². The monoisotopic (exact) mass is 508 g/mol. The maximum atomic E-state index is 10.5. The van der Waals surface area contributed by atoms with Crippen LogP contribution in [0.25, 0.3) is 0 Å². The van der Waals surface area contributed by atoms with Crippen molar-refractivity contribution < 1.29 is 19.4 Å². The van der Waals surface area contributed by atoms with Crippen LogP contribution in [0.15, 0.2) is 122 Å². The normalized spacial score (nSPS) is 11.0. The molecule has 1 unspecified atom stereocenters. The minimum absolute atomic E-state index is 0.609. The summed E-state index contributed by atoms with van der Waals surface area (Å²) in [4.78, 5) is 10.5. The summed E-state index contributed by atoms with van der Waals surface area (Å²) in [6.07, 6.45) is 5.75. The summed E-state index contributed by atoms with van der Waals surface area (Å²) in [6, 6.07) is 35.4. The fourth-order valence-corrected chi connectivity index (χ4v) is 3.76. The zero-order valence-electron chi connectivity index (χ0n) is 21.7. The summed E-state index contributed by atoms with van der Waals surface area (Å²) >= 11 is 0. The summed E-state index contributed by atoms with van der Waals surface area (Å²) in [5.41, 5.74) is 4.17. The van der Waals surface area contributed by atoms with Crippen LogP contribution < -0.4 is 9.47 Å². The van der Waals surface area contributed by atoms with Crippen LogP contribution in [0.3, 0.4) is 0 Å². The first-order chi connectivity index (χ1) is 18.7. The van der Waals surface area contributed by atoms with Gasteiger partial charge in [0.05, 0.1) is 19.3 Å². The third-order valence-corrected chi connectivity index (χ3v) is 5.90. The Morgan fingerprint density at radius 3 is 1.53 bits per heavy atom. The van der Waals surface area contributed by atoms with Crippen molar-refractivity contribution in [3.8, 4) is 11.5 Å². The van der Waals surface area contributed by atoms with Crippen LogP contribution in [0.5, 0.6) is 11.5 Å². The number of aliphatic hydroxyl groups excluding tert-OH is 1. The molecule has 0 aliphatic heterocycles. The Bertz CT molecular complexity index is 1190. The quantitative estimate of drug-likeness (QED) is 0.116. The Labute approximate surface area is 226 Å². The van der Waals surface area contributed by atoms with E-state index in [1.54, 1.807) is 12.1 Å². The second-order valence-electron chi connectivity index (χ2n) is 8.81. The highest BCUT2D eigenvalue weighted by molar-refractivity contribution is 5.74. The predicted octanol–water partition coefficient (Wildman–Crippen LogP) is 7.43. The molecular formula is C34H36O4. The molecule has 4 rings (SSSR count). The van der Waals surface area contributed by atoms with Crippen molar-refractivity contribution in [1.29, 1.82) is 0 Å². The number of aliphatic hydroxyl groups is 1. The van der Waals surface area contributed by atoms with Gasteiger partial charge in [-0.2, -0.15) is 0 Å². The largest absolute Gasteiger partial charge is 0.494 e. The lowest BCUT2D eigenvalue weighted by molar-refractivity contribution is 0.112. The van der Waals surface area contributed by atoms with E-state index in [1.807, 2.05) is 60.7 Å². The van der Waals surface area contributed by atoms with Gasteiger partial charge in [-0.3, -0.25) is 4.79 Å². The molecule has 0 amide bonds. The summed E-state index contributed by atoms with van der Waals surface area (Å²) in [5, 5.41) is 9.60. The van der Waals surface area contributed by atoms with Crippen LogP contribution in [0.2, 0.25) is 0 Å². The van der Waals surface area contributed by atoms with Gasteiger partial charge in [-0.25, -0.2) is 0 Å². The van der Waals surface area contributed by atoms with Crippen molar-refractivity contribution in [3.63, 3.8) is 0 Å². The van der Waals surface area contributed by atoms with Gasteiger partial charge in [0.2, 0.25) is 0 Å². The van der Waals surface area contributed by atoms with E-state index in [-0.39, 0.29) is 0 Å². The van der Waals surface area contributed by atoms with Crippen molar-refractivity contribution >= 4 is 6.29 Å². The summed E-state index contributed by atoms with van der Waals surface area (Å²) < 4.78 is 11.3. The molecule has 0 heterocycles. The van der Waals surface area contributed by atoms with Crippen molar-refractivity contribution in [1.82, 2.24) is 0 Å². The number of rotatable bonds is 13. The second-order valence-corrected chi connectivity index (χ2v) is 8.81. The number of carbonyl (C=O) groups excluding carboxylic acids is 1. The van der Waals surface area contributed by atoms with Gasteiger partial charge in [0.15, 0.2) is 0 Å². The van der Waals surface area contributed by atoms with E-state index in [2.05, 4.69) is 43.0 Å². The molecule has 38 heavy (non-hydrogen) atoms. The highest BCUT2D eigenvalue weighted by atomic mass is 16.5. The van der Waals surface area contributed by atoms with Crippen LogP contribution in [0, 0.1) is 0 Å². The van der Waals surface area contributed by atoms with E-state index in [4.69, 9.17) is 9.47 Å². The zero-order chi connectivity index (χ0) is 26.8. The first kappa shape index (κ1) is 28.4. The van der Waals surface area contributed by atoms with Gasteiger partial charge in [-0.1, -0.05) is 78.9 Å². The number of hydrogen-bond donors (Lipinski definition) is 1. The molecule has 0 fully saturated rings. The number of ether oxygens (including phenoxy) is 2. The Balaban J connectivity index is 0.000000212. The SMILES string of the molecule is C=CC(O)c1ccc(OCCCc2ccccc2)cc1.O=Cc1ccc(OCCCc2ccccc2)cc1. The van der Waals surface area contributed by atoms with Crippen LogP contribution in [-0.4, -0.2) is 24.6 Å². The van der Waals surface area contributed by atoms with Gasteiger partial charge in [-0.05, 0) is 78.8 Å². The van der Waals surface area contributed by atoms with Crippen LogP contribution in [-0.2, 0) is 12.8 Å². The highest BCUT2D eigenvalue weighted by Crippen LogP contribution is 2.18. The van der Waals surface area contributed by atoms with Crippen molar-refractivity contribution in [3.05, 3.63) is 144 Å². The third kappa shape index (κ3) is 10.5. The van der Waals surface area contributed by atoms with Gasteiger partial charge in [-0.15, -0.1) is 6.58 Å². The molecular weight excluding hydrogens is 472 g/mol. The maximum absolute atomic E-state index is 10.5. The standard InChI is InChI=1S/C18H20O2.C16H16O2/c1-2-18(19)16-10-12-17(13-11-16)20-14-6-9-15-7-4-3-5-8-15;17-13-15-8-10-16(11-9-15)18-12-4-7-14-5-2-1-3-6-14/h2-5,7-8,10-13,18-19H,1,6,9,14H2;1-3,5-6,8-11,13H,4,7,12H2. The Morgan fingerprint density at radius 1 is 0.658 bits per heavy atom. The predicted molar refractivity (Wildman–Crippen MR) is 154 cm³/mol. The summed E-state index contributed by atoms with van der Waals surface area (Å²) in [5.74, 6) is 1.65. The third-order valence-electron chi connectivity index (χ3n) is 5.90. The van der Waals surface area contributed by atoms with E-state index >= 15 is 0 Å². The molecule has 1 atom stereocenters. The summed E-state index contributed by atoms with van der Waals surface area (Å²) in [6.45, 7) is 4.95. The molecule has 196 valence electrons. The highest BCUT2D eigenvalue weighted by Gasteiger charge is 2.02. The molecule has 4 aromatic carbocycles. The van der Waals surface area contributed by atoms with E-state index in [1.165, 1.54) is 17.2 Å². The Kier molecular flexibility index (Phi) is 12.4. The second kappa shape index (κ2) is 16.6. The molecule has 0 aliphatic carbocycles. The topological polar surface area (TPSA) is 55.8 Å². The fourth-order valence-electron chi connectivity index (χ4n) is 3.76. The Morgan fingerprint density at radius 2 is 1.11 bits per heavy atom. The molecule has 1 N–H and O–H groups in total. The minimum atomic E-state index is -0.609. The molecule has 0 aliphatic rings. The van der Waals surface area contributed by atoms with Crippen LogP contribution >= 0.6 is 0 Å². The number of aryl methyl sites for hydroxylation is 2. The van der Waals surface area contributed by atoms with Gasteiger partial charge in [0.1, 0.15) is 17.8 Å². The smallest absolute Gasteiger partial charge is 0.150 e. The summed E-state index contributed by atoms with van der Waals surface area (Å²) in [7, 11) is 0. The minimum Gasteiger partial charge on any atom is -0.494 e. The van der Waals surface area contributed by atoms with Gasteiger partial charge >= 0.3 is 0 Å². The first-order valence-electron chi connectivity index (χ1n) is 13.0. The van der Waals surface area contributed by atoms with Crippen LogP contribution in [0.1, 0.15) is 46.0 Å². The lowest BCUT2D eigenvalue weighted by Gasteiger charge is -2.09. The van der Waals surface area contributed by atoms with Crippen LogP contribution in [0.4, 0.5) is 0 Å². The van der Waals surface area contributed by atoms with E-state index in [0.717, 1.165) is 49.0 Å². The Hall–Kier alpha value is -4.15. The molecule has 4 heteroatoms. The molecule has 4 aromatic rings. The maximum Gasteiger partial charge on any atom is 0.150 e. The molecule has 0 saturated heterocycles. The lowest BCUT2D eigenvalue weighted by Crippen LogP contribution is -2.00. The molecule has 4 nitrogen and oxygen atoms in total. The average Bonchev–Trinajstić information content (AvgIpc) is 2.99. The number of carbonyl (C=O) groups is 1. The van der Waals surface area contributed by atoms with E-state index < -0.39 is 6.10 Å². The fraction of sp³-hybridized carbons (Fsp3) is 0.206. The van der Waals surface area contributed by atoms with Crippen molar-refractivity contribution in [2.75, 3.05) is 13.2 Å². The molecule has 0 aromatic heterocycles. The molecule has 0 radical (unpaired) electrons. The number of hydrogen-bond acceptors (Lipinski definition) is 4. The molecule has 0 saturated carbocycles. The number of benzene rings is 4. The average molecular weight is 509 g/mol.